The molecule has 1 heterocycles. The first-order valence-corrected chi connectivity index (χ1v) is 7.57. The van der Waals surface area contributed by atoms with E-state index in [4.69, 9.17) is 0 Å². The Labute approximate surface area is 129 Å². The van der Waals surface area contributed by atoms with Crippen LogP contribution in [0.2, 0.25) is 0 Å². The minimum absolute atomic E-state index is 0.128. The summed E-state index contributed by atoms with van der Waals surface area (Å²) in [4.78, 5) is 20.1. The fourth-order valence-electron chi connectivity index (χ4n) is 2.84. The first-order valence-electron chi connectivity index (χ1n) is 7.57. The highest BCUT2D eigenvalue weighted by atomic mass is 16.4. The molecule has 0 bridgehead atoms. The molecule has 1 fully saturated rings. The Kier molecular flexibility index (Phi) is 4.04. The smallest absolute Gasteiger partial charge is 0.341 e. The number of nitrogens with one attached hydrogen (secondary N) is 1. The zero-order chi connectivity index (χ0) is 15.5. The van der Waals surface area contributed by atoms with Gasteiger partial charge in [-0.05, 0) is 25.8 Å². The normalized spacial score (nSPS) is 15.0. The van der Waals surface area contributed by atoms with Gasteiger partial charge in [0, 0.05) is 17.8 Å². The van der Waals surface area contributed by atoms with Crippen molar-refractivity contribution >= 4 is 11.8 Å². The van der Waals surface area contributed by atoms with Gasteiger partial charge in [0.15, 0.2) is 5.82 Å². The summed E-state index contributed by atoms with van der Waals surface area (Å²) in [5, 5.41) is 12.6. The van der Waals surface area contributed by atoms with Crippen LogP contribution in [0.1, 0.15) is 41.6 Å². The van der Waals surface area contributed by atoms with Crippen molar-refractivity contribution in [3.8, 4) is 11.4 Å². The molecule has 5 nitrogen and oxygen atoms in total. The van der Waals surface area contributed by atoms with Crippen LogP contribution < -0.4 is 5.32 Å². The van der Waals surface area contributed by atoms with Gasteiger partial charge in [0.1, 0.15) is 11.4 Å². The lowest BCUT2D eigenvalue weighted by Crippen LogP contribution is -2.19. The molecule has 114 valence electrons. The Hall–Kier alpha value is -2.43. The van der Waals surface area contributed by atoms with Crippen LogP contribution in [0, 0.1) is 6.92 Å². The maximum atomic E-state index is 11.4. The Balaban J connectivity index is 1.97. The minimum Gasteiger partial charge on any atom is -0.477 e. The second kappa shape index (κ2) is 6.13. The van der Waals surface area contributed by atoms with Gasteiger partial charge in [0.2, 0.25) is 0 Å². The topological polar surface area (TPSA) is 75.1 Å². The summed E-state index contributed by atoms with van der Waals surface area (Å²) in [6, 6.07) is 8.19. The standard InChI is InChI=1S/C17H19N3O2/c1-11-5-4-6-12(9-11)15-18-10-14(17(21)22)16(20-15)19-13-7-2-3-8-13/h4-6,9-10,13H,2-3,7-8H2,1H3,(H,21,22)(H,18,19,20). The van der Waals surface area contributed by atoms with E-state index in [2.05, 4.69) is 15.3 Å². The van der Waals surface area contributed by atoms with Crippen molar-refractivity contribution in [3.05, 3.63) is 41.6 Å². The van der Waals surface area contributed by atoms with Gasteiger partial charge in [0.25, 0.3) is 0 Å². The first kappa shape index (κ1) is 14.5. The third kappa shape index (κ3) is 3.08. The third-order valence-electron chi connectivity index (χ3n) is 3.99. The van der Waals surface area contributed by atoms with Gasteiger partial charge >= 0.3 is 5.97 Å². The predicted molar refractivity (Wildman–Crippen MR) is 85.0 cm³/mol. The van der Waals surface area contributed by atoms with Crippen LogP contribution in [0.15, 0.2) is 30.5 Å². The molecule has 0 radical (unpaired) electrons. The Bertz CT molecular complexity index is 694. The molecule has 3 rings (SSSR count). The number of aromatic carboxylic acids is 1. The summed E-state index contributed by atoms with van der Waals surface area (Å²) >= 11 is 0. The number of carboxylic acids is 1. The molecule has 0 atom stereocenters. The van der Waals surface area contributed by atoms with Crippen LogP contribution in [0.25, 0.3) is 11.4 Å². The van der Waals surface area contributed by atoms with Crippen LogP contribution >= 0.6 is 0 Å². The fraction of sp³-hybridized carbons (Fsp3) is 0.353. The summed E-state index contributed by atoms with van der Waals surface area (Å²) in [6.45, 7) is 2.01. The van der Waals surface area contributed by atoms with Gasteiger partial charge in [-0.2, -0.15) is 0 Å². The van der Waals surface area contributed by atoms with E-state index < -0.39 is 5.97 Å². The van der Waals surface area contributed by atoms with Gasteiger partial charge in [-0.25, -0.2) is 14.8 Å². The molecule has 2 aromatic rings. The number of hydrogen-bond acceptors (Lipinski definition) is 4. The van der Waals surface area contributed by atoms with Gasteiger partial charge in [-0.3, -0.25) is 0 Å². The molecule has 1 aliphatic rings. The number of anilines is 1. The number of carbonyl (C=O) groups is 1. The van der Waals surface area contributed by atoms with Crippen LogP contribution in [0.4, 0.5) is 5.82 Å². The van der Waals surface area contributed by atoms with Crippen LogP contribution in [-0.2, 0) is 0 Å². The second-order valence-electron chi connectivity index (χ2n) is 5.76. The highest BCUT2D eigenvalue weighted by Crippen LogP contribution is 2.25. The summed E-state index contributed by atoms with van der Waals surface area (Å²) in [7, 11) is 0. The van der Waals surface area contributed by atoms with E-state index in [9.17, 15) is 9.90 Å². The van der Waals surface area contributed by atoms with Crippen molar-refractivity contribution in [2.45, 2.75) is 38.6 Å². The Morgan fingerprint density at radius 3 is 2.77 bits per heavy atom. The van der Waals surface area contributed by atoms with Crippen molar-refractivity contribution < 1.29 is 9.90 Å². The molecule has 0 spiro atoms. The number of nitrogens with zero attached hydrogens (tertiary/aromatic N) is 2. The molecule has 0 unspecified atom stereocenters. The van der Waals surface area contributed by atoms with E-state index in [1.165, 1.54) is 19.0 Å². The van der Waals surface area contributed by atoms with Crippen molar-refractivity contribution in [2.24, 2.45) is 0 Å². The van der Waals surface area contributed by atoms with E-state index in [0.29, 0.717) is 17.7 Å². The highest BCUT2D eigenvalue weighted by Gasteiger charge is 2.20. The largest absolute Gasteiger partial charge is 0.477 e. The quantitative estimate of drug-likeness (QED) is 0.903. The predicted octanol–water partition coefficient (Wildman–Crippen LogP) is 3.50. The number of hydrogen-bond donors (Lipinski definition) is 2. The summed E-state index contributed by atoms with van der Waals surface area (Å²) in [6.07, 6.45) is 5.86. The molecule has 0 aliphatic heterocycles. The molecule has 0 amide bonds. The average Bonchev–Trinajstić information content (AvgIpc) is 3.00. The monoisotopic (exact) mass is 297 g/mol. The SMILES string of the molecule is Cc1cccc(-c2ncc(C(=O)O)c(NC3CCCC3)n2)c1. The van der Waals surface area contributed by atoms with Crippen molar-refractivity contribution in [1.82, 2.24) is 9.97 Å². The maximum Gasteiger partial charge on any atom is 0.341 e. The molecule has 22 heavy (non-hydrogen) atoms. The van der Waals surface area contributed by atoms with Gasteiger partial charge in [0.05, 0.1) is 0 Å². The maximum absolute atomic E-state index is 11.4. The lowest BCUT2D eigenvalue weighted by molar-refractivity contribution is 0.0697. The lowest BCUT2D eigenvalue weighted by atomic mass is 10.1. The minimum atomic E-state index is -1.00. The zero-order valence-electron chi connectivity index (χ0n) is 12.5. The molecule has 5 heteroatoms. The zero-order valence-corrected chi connectivity index (χ0v) is 12.5. The Morgan fingerprint density at radius 1 is 1.32 bits per heavy atom. The van der Waals surface area contributed by atoms with Crippen molar-refractivity contribution in [1.29, 1.82) is 0 Å². The highest BCUT2D eigenvalue weighted by molar-refractivity contribution is 5.93. The van der Waals surface area contributed by atoms with Crippen molar-refractivity contribution in [2.75, 3.05) is 5.32 Å². The number of carboxylic acid groups (broad SMARTS) is 1. The van der Waals surface area contributed by atoms with E-state index in [-0.39, 0.29) is 5.56 Å². The Morgan fingerprint density at radius 2 is 2.09 bits per heavy atom. The van der Waals surface area contributed by atoms with E-state index in [1.54, 1.807) is 0 Å². The number of aryl methyl sites for hydroxylation is 1. The summed E-state index contributed by atoms with van der Waals surface area (Å²) in [5.74, 6) is -0.0311. The van der Waals surface area contributed by atoms with Crippen LogP contribution in [-0.4, -0.2) is 27.1 Å². The van der Waals surface area contributed by atoms with Crippen LogP contribution in [0.5, 0.6) is 0 Å². The van der Waals surface area contributed by atoms with Gasteiger partial charge in [-0.1, -0.05) is 36.6 Å². The number of aromatic nitrogens is 2. The molecule has 2 N–H and O–H groups in total. The first-order chi connectivity index (χ1) is 10.6. The average molecular weight is 297 g/mol. The van der Waals surface area contributed by atoms with Crippen molar-refractivity contribution in [3.63, 3.8) is 0 Å². The number of benzene rings is 1. The molecule has 0 saturated heterocycles. The molecular formula is C17H19N3O2. The summed E-state index contributed by atoms with van der Waals surface area (Å²) < 4.78 is 0. The molecule has 1 aliphatic carbocycles. The molecule has 1 aromatic heterocycles. The van der Waals surface area contributed by atoms with Crippen LogP contribution in [0.3, 0.4) is 0 Å². The fourth-order valence-corrected chi connectivity index (χ4v) is 2.84. The second-order valence-corrected chi connectivity index (χ2v) is 5.76. The molecular weight excluding hydrogens is 278 g/mol. The van der Waals surface area contributed by atoms with E-state index in [1.807, 2.05) is 31.2 Å². The van der Waals surface area contributed by atoms with E-state index >= 15 is 0 Å². The number of rotatable bonds is 4. The molecule has 1 saturated carbocycles. The van der Waals surface area contributed by atoms with Gasteiger partial charge < -0.3 is 10.4 Å². The van der Waals surface area contributed by atoms with E-state index in [0.717, 1.165) is 24.0 Å². The lowest BCUT2D eigenvalue weighted by Gasteiger charge is -2.15. The van der Waals surface area contributed by atoms with Gasteiger partial charge in [-0.15, -0.1) is 0 Å². The summed E-state index contributed by atoms with van der Waals surface area (Å²) in [5.41, 5.74) is 2.14. The molecule has 1 aromatic carbocycles. The third-order valence-corrected chi connectivity index (χ3v) is 3.99.